The number of para-hydroxylation sites is 1. The lowest BCUT2D eigenvalue weighted by atomic mass is 9.89. The summed E-state index contributed by atoms with van der Waals surface area (Å²) < 4.78 is 4.53. The molecule has 0 atom stereocenters. The molecule has 2 heterocycles. The van der Waals surface area contributed by atoms with Gasteiger partial charge in [0.25, 0.3) is 5.69 Å². The van der Waals surface area contributed by atoms with E-state index < -0.39 is 0 Å². The van der Waals surface area contributed by atoms with Crippen molar-refractivity contribution in [1.82, 2.24) is 9.67 Å². The fraction of sp³-hybridized carbons (Fsp3) is 0.118. The third-order valence-electron chi connectivity index (χ3n) is 7.37. The van der Waals surface area contributed by atoms with Crippen LogP contribution in [0.2, 0.25) is 0 Å². The molecule has 0 spiro atoms. The van der Waals surface area contributed by atoms with Crippen molar-refractivity contribution in [3.05, 3.63) is 126 Å². The Morgan fingerprint density at radius 3 is 1.81 bits per heavy atom. The first-order chi connectivity index (χ1) is 18.0. The molecule has 2 aromatic heterocycles. The maximum absolute atomic E-state index is 5.28. The van der Waals surface area contributed by atoms with Crippen LogP contribution in [0.4, 0.5) is 0 Å². The van der Waals surface area contributed by atoms with E-state index in [-0.39, 0.29) is 0 Å². The highest BCUT2D eigenvalue weighted by Crippen LogP contribution is 2.40. The van der Waals surface area contributed by atoms with Gasteiger partial charge in [0.1, 0.15) is 5.69 Å². The second-order valence-electron chi connectivity index (χ2n) is 9.66. The average molecular weight is 481 g/mol. The van der Waals surface area contributed by atoms with E-state index in [1.54, 1.807) is 0 Å². The van der Waals surface area contributed by atoms with Gasteiger partial charge < -0.3 is 0 Å². The molecule has 0 radical (unpaired) electrons. The normalized spacial score (nSPS) is 11.2. The zero-order chi connectivity index (χ0) is 25.5. The highest BCUT2D eigenvalue weighted by molar-refractivity contribution is 5.93. The molecular formula is C34H30N3+. The fourth-order valence-corrected chi connectivity index (χ4v) is 5.54. The molecule has 0 aliphatic carbocycles. The molecule has 6 rings (SSSR count). The van der Waals surface area contributed by atoms with Crippen molar-refractivity contribution in [2.45, 2.75) is 20.8 Å². The molecule has 0 fully saturated rings. The van der Waals surface area contributed by atoms with Crippen molar-refractivity contribution in [3.63, 3.8) is 0 Å². The highest BCUT2D eigenvalue weighted by Gasteiger charge is 2.27. The molecule has 0 bridgehead atoms. The predicted octanol–water partition coefficient (Wildman–Crippen LogP) is 7.78. The van der Waals surface area contributed by atoms with Crippen LogP contribution in [0.5, 0.6) is 0 Å². The summed E-state index contributed by atoms with van der Waals surface area (Å²) in [5.41, 5.74) is 12.7. The van der Waals surface area contributed by atoms with E-state index in [9.17, 15) is 0 Å². The lowest BCUT2D eigenvalue weighted by molar-refractivity contribution is -0.659. The van der Waals surface area contributed by atoms with Crippen LogP contribution >= 0.6 is 0 Å². The first-order valence-electron chi connectivity index (χ1n) is 12.7. The van der Waals surface area contributed by atoms with E-state index in [1.165, 1.54) is 44.4 Å². The molecule has 0 N–H and O–H groups in total. The van der Waals surface area contributed by atoms with E-state index in [4.69, 9.17) is 4.98 Å². The minimum Gasteiger partial charge on any atom is -0.246 e. The zero-order valence-electron chi connectivity index (χ0n) is 21.7. The Bertz CT molecular complexity index is 1660. The van der Waals surface area contributed by atoms with Gasteiger partial charge in [-0.05, 0) is 55.2 Å². The van der Waals surface area contributed by atoms with Crippen LogP contribution in [0.25, 0.3) is 50.1 Å². The lowest BCUT2D eigenvalue weighted by Gasteiger charge is -2.17. The van der Waals surface area contributed by atoms with Gasteiger partial charge in [-0.2, -0.15) is 4.68 Å². The Kier molecular flexibility index (Phi) is 5.69. The van der Waals surface area contributed by atoms with Gasteiger partial charge in [0.05, 0.1) is 23.8 Å². The lowest BCUT2D eigenvalue weighted by Crippen LogP contribution is -2.41. The van der Waals surface area contributed by atoms with Crippen molar-refractivity contribution in [1.29, 1.82) is 0 Å². The number of fused-ring (bicyclic) bond motifs is 1. The second kappa shape index (κ2) is 9.18. The average Bonchev–Trinajstić information content (AvgIpc) is 3.18. The van der Waals surface area contributed by atoms with Gasteiger partial charge in [-0.15, -0.1) is 0 Å². The number of hydrogen-bond donors (Lipinski definition) is 0. The predicted molar refractivity (Wildman–Crippen MR) is 153 cm³/mol. The Labute approximate surface area is 218 Å². The smallest absolute Gasteiger partial charge is 0.246 e. The molecule has 0 aliphatic heterocycles. The van der Waals surface area contributed by atoms with Gasteiger partial charge in [0, 0.05) is 17.2 Å². The summed E-state index contributed by atoms with van der Waals surface area (Å²) >= 11 is 0. The second-order valence-corrected chi connectivity index (χ2v) is 9.66. The first kappa shape index (κ1) is 22.9. The van der Waals surface area contributed by atoms with Crippen LogP contribution in [0.3, 0.4) is 0 Å². The van der Waals surface area contributed by atoms with E-state index in [0.29, 0.717) is 0 Å². The van der Waals surface area contributed by atoms with E-state index >= 15 is 0 Å². The standard InChI is InChI=1S/C34H30N3/c1-23-22-31(35-24(2)34(23)37-32-21-12-11-18-28(32)25(3)36(37)4)33-29(26-14-7-5-8-15-26)19-13-20-30(33)27-16-9-6-10-17-27/h5-22H,1-4H3/q+1. The highest BCUT2D eigenvalue weighted by atomic mass is 15.4. The molecule has 37 heavy (non-hydrogen) atoms. The van der Waals surface area contributed by atoms with E-state index in [0.717, 1.165) is 22.6 Å². The molecule has 0 amide bonds. The monoisotopic (exact) mass is 480 g/mol. The molecule has 3 heteroatoms. The fourth-order valence-electron chi connectivity index (χ4n) is 5.54. The van der Waals surface area contributed by atoms with Crippen LogP contribution in [0.1, 0.15) is 17.0 Å². The van der Waals surface area contributed by atoms with Crippen molar-refractivity contribution >= 4 is 10.9 Å². The molecular weight excluding hydrogens is 450 g/mol. The minimum atomic E-state index is 0.993. The molecule has 6 aromatic rings. The van der Waals surface area contributed by atoms with Crippen molar-refractivity contribution in [2.24, 2.45) is 7.05 Å². The van der Waals surface area contributed by atoms with Gasteiger partial charge in [0.15, 0.2) is 0 Å². The van der Waals surface area contributed by atoms with Crippen LogP contribution in [-0.2, 0) is 7.05 Å². The first-order valence-corrected chi connectivity index (χ1v) is 12.7. The summed E-state index contributed by atoms with van der Waals surface area (Å²) in [5, 5.41) is 1.26. The molecule has 0 saturated heterocycles. The molecule has 0 unspecified atom stereocenters. The Hall–Kier alpha value is -4.50. The number of aromatic nitrogens is 3. The molecule has 0 saturated carbocycles. The SMILES string of the molecule is Cc1cc(-c2c(-c3ccccc3)cccc2-c2ccccc2)nc(C)c1-[n+]1c2ccccc2c(C)n1C. The third kappa shape index (κ3) is 3.84. The summed E-state index contributed by atoms with van der Waals surface area (Å²) in [5.74, 6) is 0. The van der Waals surface area contributed by atoms with Gasteiger partial charge in [-0.1, -0.05) is 95.7 Å². The van der Waals surface area contributed by atoms with Crippen molar-refractivity contribution in [3.8, 4) is 39.2 Å². The van der Waals surface area contributed by atoms with Crippen molar-refractivity contribution in [2.75, 3.05) is 0 Å². The summed E-state index contributed by atoms with van der Waals surface area (Å²) in [6.07, 6.45) is 0. The van der Waals surface area contributed by atoms with Gasteiger partial charge >= 0.3 is 0 Å². The van der Waals surface area contributed by atoms with Gasteiger partial charge in [0.2, 0.25) is 5.52 Å². The summed E-state index contributed by atoms with van der Waals surface area (Å²) in [6.45, 7) is 6.50. The Morgan fingerprint density at radius 1 is 0.649 bits per heavy atom. The van der Waals surface area contributed by atoms with Crippen LogP contribution in [-0.4, -0.2) is 9.67 Å². The van der Waals surface area contributed by atoms with E-state index in [2.05, 4.69) is 146 Å². The van der Waals surface area contributed by atoms with Crippen LogP contribution in [0.15, 0.2) is 109 Å². The molecule has 4 aromatic carbocycles. The minimum absolute atomic E-state index is 0.993. The quantitative estimate of drug-likeness (QED) is 0.236. The van der Waals surface area contributed by atoms with Crippen LogP contribution < -0.4 is 4.68 Å². The number of hydrogen-bond acceptors (Lipinski definition) is 1. The van der Waals surface area contributed by atoms with E-state index in [1.807, 2.05) is 0 Å². The number of nitrogens with zero attached hydrogens (tertiary/aromatic N) is 3. The molecule has 180 valence electrons. The Morgan fingerprint density at radius 2 is 1.22 bits per heavy atom. The topological polar surface area (TPSA) is 21.7 Å². The Balaban J connectivity index is 1.62. The number of aryl methyl sites for hydroxylation is 3. The summed E-state index contributed by atoms with van der Waals surface area (Å²) in [7, 11) is 2.13. The molecule has 0 aliphatic rings. The summed E-state index contributed by atoms with van der Waals surface area (Å²) in [6, 6.07) is 38.6. The maximum Gasteiger partial charge on any atom is 0.260 e. The third-order valence-corrected chi connectivity index (χ3v) is 7.37. The maximum atomic E-state index is 5.28. The summed E-state index contributed by atoms with van der Waals surface area (Å²) in [4.78, 5) is 5.28. The van der Waals surface area contributed by atoms with Gasteiger partial charge in [-0.25, -0.2) is 4.98 Å². The number of pyridine rings is 1. The zero-order valence-corrected chi connectivity index (χ0v) is 21.7. The largest absolute Gasteiger partial charge is 0.260 e. The van der Waals surface area contributed by atoms with Crippen molar-refractivity contribution < 1.29 is 4.68 Å². The number of benzene rings is 4. The van der Waals surface area contributed by atoms with Gasteiger partial charge in [-0.3, -0.25) is 0 Å². The van der Waals surface area contributed by atoms with Crippen LogP contribution in [0, 0.1) is 20.8 Å². The molecule has 3 nitrogen and oxygen atoms in total. The number of rotatable bonds is 4.